The number of esters is 1. The van der Waals surface area contributed by atoms with Gasteiger partial charge in [0.15, 0.2) is 17.2 Å². The molecule has 1 aromatic carbocycles. The second-order valence-corrected chi connectivity index (χ2v) is 7.34. The lowest BCUT2D eigenvalue weighted by atomic mass is 10.0. The Hall–Kier alpha value is -2.65. The van der Waals surface area contributed by atoms with Crippen molar-refractivity contribution in [1.82, 2.24) is 15.3 Å². The van der Waals surface area contributed by atoms with Crippen molar-refractivity contribution in [2.75, 3.05) is 45.5 Å². The van der Waals surface area contributed by atoms with Crippen LogP contribution in [0.15, 0.2) is 24.3 Å². The average molecular weight is 453 g/mol. The van der Waals surface area contributed by atoms with Crippen LogP contribution in [0.5, 0.6) is 11.5 Å². The number of aromatic nitrogens is 2. The Morgan fingerprint density at radius 1 is 1.23 bits per heavy atom. The molecule has 1 fully saturated rings. The Morgan fingerprint density at radius 2 is 2.00 bits per heavy atom. The van der Waals surface area contributed by atoms with E-state index in [4.69, 9.17) is 25.8 Å². The molecule has 0 saturated carbocycles. The maximum Gasteiger partial charge on any atom is 0.356 e. The quantitative estimate of drug-likeness (QED) is 0.459. The molecule has 168 valence electrons. The molecule has 0 bridgehead atoms. The lowest BCUT2D eigenvalue weighted by Crippen LogP contribution is -2.43. The van der Waals surface area contributed by atoms with Crippen molar-refractivity contribution < 1.29 is 23.4 Å². The van der Waals surface area contributed by atoms with Crippen LogP contribution in [0.1, 0.15) is 28.9 Å². The molecule has 1 saturated heterocycles. The van der Waals surface area contributed by atoms with Gasteiger partial charge in [-0.2, -0.15) is 0 Å². The summed E-state index contributed by atoms with van der Waals surface area (Å²) in [5.74, 6) is 0.957. The zero-order chi connectivity index (χ0) is 22.2. The van der Waals surface area contributed by atoms with E-state index in [1.54, 1.807) is 12.1 Å². The molecule has 1 aliphatic rings. The largest absolute Gasteiger partial charge is 0.493 e. The highest BCUT2D eigenvalue weighted by Gasteiger charge is 2.25. The van der Waals surface area contributed by atoms with Crippen molar-refractivity contribution in [2.24, 2.45) is 0 Å². The Kier molecular flexibility index (Phi) is 8.25. The van der Waals surface area contributed by atoms with E-state index in [1.807, 2.05) is 12.1 Å². The predicted molar refractivity (Wildman–Crippen MR) is 115 cm³/mol. The zero-order valence-electron chi connectivity index (χ0n) is 17.6. The molecule has 10 heteroatoms. The summed E-state index contributed by atoms with van der Waals surface area (Å²) in [4.78, 5) is 22.5. The summed E-state index contributed by atoms with van der Waals surface area (Å²) in [5, 5.41) is 3.32. The van der Waals surface area contributed by atoms with Crippen LogP contribution in [-0.4, -0.2) is 62.6 Å². The highest BCUT2D eigenvalue weighted by atomic mass is 35.5. The van der Waals surface area contributed by atoms with Crippen LogP contribution in [0.4, 0.5) is 10.2 Å². The van der Waals surface area contributed by atoms with E-state index >= 15 is 0 Å². The first-order valence-corrected chi connectivity index (χ1v) is 10.4. The highest BCUT2D eigenvalue weighted by molar-refractivity contribution is 6.28. The van der Waals surface area contributed by atoms with Gasteiger partial charge in [0.05, 0.1) is 14.2 Å². The van der Waals surface area contributed by atoms with Crippen LogP contribution < -0.4 is 19.7 Å². The highest BCUT2D eigenvalue weighted by Crippen LogP contribution is 2.31. The molecule has 1 aliphatic heterocycles. The first kappa shape index (κ1) is 23.0. The maximum absolute atomic E-state index is 12.6. The third-order valence-corrected chi connectivity index (χ3v) is 5.21. The lowest BCUT2D eigenvalue weighted by molar-refractivity contribution is 0.0594. The lowest BCUT2D eigenvalue weighted by Gasteiger charge is -2.36. The molecule has 2 aromatic rings. The molecule has 3 rings (SSSR count). The molecule has 0 aliphatic carbocycles. The van der Waals surface area contributed by atoms with Gasteiger partial charge in [-0.25, -0.2) is 19.2 Å². The number of halogens is 2. The molecule has 0 atom stereocenters. The number of anilines is 1. The minimum Gasteiger partial charge on any atom is -0.493 e. The minimum atomic E-state index is -0.593. The molecular weight excluding hydrogens is 427 g/mol. The number of carbonyl (C=O) groups is 1. The number of hydrogen-bond acceptors (Lipinski definition) is 8. The molecule has 2 heterocycles. The summed E-state index contributed by atoms with van der Waals surface area (Å²) in [7, 11) is 2.83. The number of benzene rings is 1. The maximum atomic E-state index is 12.6. The predicted octanol–water partition coefficient (Wildman–Crippen LogP) is 3.03. The third kappa shape index (κ3) is 5.95. The first-order valence-electron chi connectivity index (χ1n) is 10.0. The van der Waals surface area contributed by atoms with E-state index in [2.05, 4.69) is 20.2 Å². The number of alkyl halides is 1. The smallest absolute Gasteiger partial charge is 0.356 e. The standard InChI is InChI=1S/C21H26ClFN4O4/c1-29-17-4-3-14(11-18(17)31-10-7-23)13-27(15-5-8-24-9-6-15)19-12-16(20(28)30-2)25-21(22)26-19/h3-4,11-12,15,24H,5-10,13H2,1-2H3. The fraction of sp³-hybridized carbons (Fsp3) is 0.476. The summed E-state index contributed by atoms with van der Waals surface area (Å²) < 4.78 is 28.2. The van der Waals surface area contributed by atoms with Gasteiger partial charge in [-0.3, -0.25) is 0 Å². The van der Waals surface area contributed by atoms with Crippen LogP contribution in [0, 0.1) is 0 Å². The van der Waals surface area contributed by atoms with Crippen LogP contribution in [0.25, 0.3) is 0 Å². The number of ether oxygens (including phenoxy) is 3. The van der Waals surface area contributed by atoms with Crippen molar-refractivity contribution in [1.29, 1.82) is 0 Å². The summed E-state index contributed by atoms with van der Waals surface area (Å²) >= 11 is 6.12. The fourth-order valence-corrected chi connectivity index (χ4v) is 3.73. The first-order chi connectivity index (χ1) is 15.0. The number of piperidine rings is 1. The fourth-order valence-electron chi connectivity index (χ4n) is 3.56. The molecule has 0 amide bonds. The minimum absolute atomic E-state index is 0.0291. The van der Waals surface area contributed by atoms with Gasteiger partial charge < -0.3 is 24.4 Å². The summed E-state index contributed by atoms with van der Waals surface area (Å²) in [6.07, 6.45) is 1.80. The van der Waals surface area contributed by atoms with Crippen LogP contribution in [0.3, 0.4) is 0 Å². The topological polar surface area (TPSA) is 85.8 Å². The van der Waals surface area contributed by atoms with Gasteiger partial charge in [-0.05, 0) is 55.2 Å². The molecule has 0 unspecified atom stereocenters. The van der Waals surface area contributed by atoms with E-state index in [1.165, 1.54) is 14.2 Å². The normalized spacial score (nSPS) is 14.2. The van der Waals surface area contributed by atoms with Crippen molar-refractivity contribution in [3.63, 3.8) is 0 Å². The van der Waals surface area contributed by atoms with Gasteiger partial charge in [0.1, 0.15) is 19.1 Å². The number of methoxy groups -OCH3 is 2. The Bertz CT molecular complexity index is 896. The Balaban J connectivity index is 1.95. The average Bonchev–Trinajstić information content (AvgIpc) is 2.80. The molecule has 31 heavy (non-hydrogen) atoms. The van der Waals surface area contributed by atoms with Gasteiger partial charge in [-0.15, -0.1) is 0 Å². The summed E-state index contributed by atoms with van der Waals surface area (Å²) in [5.41, 5.74) is 1.01. The SMILES string of the molecule is COC(=O)c1cc(N(Cc2ccc(OC)c(OCCF)c2)C2CCNCC2)nc(Cl)n1. The monoisotopic (exact) mass is 452 g/mol. The van der Waals surface area contributed by atoms with Gasteiger partial charge in [0.25, 0.3) is 0 Å². The van der Waals surface area contributed by atoms with Gasteiger partial charge in [0, 0.05) is 18.7 Å². The van der Waals surface area contributed by atoms with Gasteiger partial charge in [0.2, 0.25) is 5.28 Å². The molecule has 8 nitrogen and oxygen atoms in total. The summed E-state index contributed by atoms with van der Waals surface area (Å²) in [6.45, 7) is 1.58. The van der Waals surface area contributed by atoms with Crippen molar-refractivity contribution in [3.8, 4) is 11.5 Å². The van der Waals surface area contributed by atoms with E-state index in [-0.39, 0.29) is 23.6 Å². The van der Waals surface area contributed by atoms with E-state index in [0.717, 1.165) is 31.5 Å². The van der Waals surface area contributed by atoms with Gasteiger partial charge in [-0.1, -0.05) is 6.07 Å². The van der Waals surface area contributed by atoms with Gasteiger partial charge >= 0.3 is 5.97 Å². The molecule has 0 radical (unpaired) electrons. The van der Waals surface area contributed by atoms with E-state index in [9.17, 15) is 9.18 Å². The number of carbonyl (C=O) groups excluding carboxylic acids is 1. The molecule has 1 aromatic heterocycles. The molecular formula is C21H26ClFN4O4. The van der Waals surface area contributed by atoms with E-state index < -0.39 is 12.6 Å². The summed E-state index contributed by atoms with van der Waals surface area (Å²) in [6, 6.07) is 7.29. The Labute approximate surface area is 185 Å². The number of rotatable bonds is 9. The van der Waals surface area contributed by atoms with Crippen molar-refractivity contribution in [3.05, 3.63) is 40.8 Å². The number of nitrogens with zero attached hydrogens (tertiary/aromatic N) is 3. The van der Waals surface area contributed by atoms with Crippen molar-refractivity contribution >= 4 is 23.4 Å². The Morgan fingerprint density at radius 3 is 2.68 bits per heavy atom. The zero-order valence-corrected chi connectivity index (χ0v) is 18.3. The van der Waals surface area contributed by atoms with Crippen LogP contribution >= 0.6 is 11.6 Å². The second kappa shape index (κ2) is 11.1. The van der Waals surface area contributed by atoms with Crippen LogP contribution in [-0.2, 0) is 11.3 Å². The number of hydrogen-bond donors (Lipinski definition) is 1. The molecule has 0 spiro atoms. The van der Waals surface area contributed by atoms with Crippen molar-refractivity contribution in [2.45, 2.75) is 25.4 Å². The second-order valence-electron chi connectivity index (χ2n) is 7.00. The number of nitrogens with one attached hydrogen (secondary N) is 1. The van der Waals surface area contributed by atoms with Crippen LogP contribution in [0.2, 0.25) is 5.28 Å². The third-order valence-electron chi connectivity index (χ3n) is 5.04. The van der Waals surface area contributed by atoms with E-state index in [0.29, 0.717) is 23.9 Å². The molecule has 1 N–H and O–H groups in total.